The van der Waals surface area contributed by atoms with E-state index in [1.807, 2.05) is 12.1 Å². The van der Waals surface area contributed by atoms with Crippen molar-refractivity contribution in [2.45, 2.75) is 40.5 Å². The van der Waals surface area contributed by atoms with E-state index in [1.165, 1.54) is 12.1 Å². The van der Waals surface area contributed by atoms with Crippen molar-refractivity contribution in [2.24, 2.45) is 10.8 Å². The van der Waals surface area contributed by atoms with E-state index < -0.39 is 5.97 Å². The monoisotopic (exact) mass is 540 g/mol. The van der Waals surface area contributed by atoms with Crippen molar-refractivity contribution in [1.29, 1.82) is 0 Å². The Hall–Kier alpha value is -3.63. The lowest BCUT2D eigenvalue weighted by molar-refractivity contribution is 0.0341. The summed E-state index contributed by atoms with van der Waals surface area (Å²) in [5.41, 5.74) is 4.19. The number of hydrogen-bond donors (Lipinski definition) is 0. The number of rotatable bonds is 9. The van der Waals surface area contributed by atoms with Gasteiger partial charge in [-0.1, -0.05) is 93.9 Å². The van der Waals surface area contributed by atoms with Crippen LogP contribution in [0.25, 0.3) is 21.9 Å². The molecule has 0 aliphatic heterocycles. The van der Waals surface area contributed by atoms with Gasteiger partial charge in [-0.2, -0.15) is 0 Å². The molecule has 0 aromatic heterocycles. The minimum absolute atomic E-state index is 0.0887. The van der Waals surface area contributed by atoms with Gasteiger partial charge in [-0.15, -0.1) is 0 Å². The first kappa shape index (κ1) is 28.4. The second kappa shape index (κ2) is 11.2. The molecule has 0 amide bonds. The van der Waals surface area contributed by atoms with Crippen molar-refractivity contribution in [1.82, 2.24) is 0 Å². The number of hydrogen-bond acceptors (Lipinski definition) is 3. The lowest BCUT2D eigenvalue weighted by Gasteiger charge is -2.25. The second-order valence-electron chi connectivity index (χ2n) is 11.8. The molecule has 0 heterocycles. The van der Waals surface area contributed by atoms with Crippen LogP contribution in [0, 0.1) is 17.8 Å². The minimum atomic E-state index is -1.21. The van der Waals surface area contributed by atoms with Crippen molar-refractivity contribution in [3.8, 4) is 11.1 Å². The van der Waals surface area contributed by atoms with Crippen LogP contribution in [0.15, 0.2) is 78.9 Å². The van der Waals surface area contributed by atoms with Gasteiger partial charge in [0, 0.05) is 10.8 Å². The number of carbonyl (C=O) groups is 2. The van der Waals surface area contributed by atoms with Crippen LogP contribution in [-0.4, -0.2) is 18.5 Å². The fourth-order valence-electron chi connectivity index (χ4n) is 4.69. The Kier molecular flexibility index (Phi) is 8.17. The molecule has 4 nitrogen and oxygen atoms in total. The molecule has 0 saturated heterocycles. The van der Waals surface area contributed by atoms with Crippen molar-refractivity contribution < 1.29 is 19.4 Å². The molecular weight excluding hydrogens is 508 g/mol. The van der Waals surface area contributed by atoms with Crippen molar-refractivity contribution >= 4 is 34.3 Å². The van der Waals surface area contributed by atoms with Crippen LogP contribution in [0.1, 0.15) is 59.5 Å². The molecule has 2 radical (unpaired) electrons. The SMILES string of the molecule is [CH2]C(C)(C)Cc1ccc2cc(CC(C)(C)COC(=O)c3ccc(-c4ccc(C([O])=O)cc4)cc3)ccc2c1Cl. The Bertz CT molecular complexity index is 1490. The zero-order valence-electron chi connectivity index (χ0n) is 22.8. The number of fused-ring (bicyclic) bond motifs is 1. The van der Waals surface area contributed by atoms with Crippen LogP contribution in [-0.2, 0) is 22.7 Å². The van der Waals surface area contributed by atoms with E-state index in [-0.39, 0.29) is 29.0 Å². The third-order valence-corrected chi connectivity index (χ3v) is 7.07. The summed E-state index contributed by atoms with van der Waals surface area (Å²) >= 11 is 6.73. The molecule has 0 fully saturated rings. The fourth-order valence-corrected chi connectivity index (χ4v) is 5.00. The summed E-state index contributed by atoms with van der Waals surface area (Å²) in [5.74, 6) is -1.59. The number of esters is 1. The normalized spacial score (nSPS) is 11.9. The van der Waals surface area contributed by atoms with Gasteiger partial charge in [0.25, 0.3) is 0 Å². The maximum Gasteiger partial charge on any atom is 0.386 e. The minimum Gasteiger partial charge on any atom is -0.462 e. The molecule has 200 valence electrons. The van der Waals surface area contributed by atoms with Gasteiger partial charge in [0.2, 0.25) is 0 Å². The average Bonchev–Trinajstić information content (AvgIpc) is 2.88. The standard InChI is InChI=1S/C34H33ClO4/c1-33(2,3)20-28-16-15-27-18-22(6-17-29(27)30(28)35)19-34(4,5)21-39-32(38)26-13-9-24(10-14-26)23-7-11-25(12-8-23)31(36)37/h6-18H,1,19-21H2,2-5H3. The molecule has 4 aromatic rings. The van der Waals surface area contributed by atoms with Crippen LogP contribution in [0.3, 0.4) is 0 Å². The maximum absolute atomic E-state index is 12.7. The molecule has 0 N–H and O–H groups in total. The number of ether oxygens (including phenoxy) is 1. The smallest absolute Gasteiger partial charge is 0.386 e. The summed E-state index contributed by atoms with van der Waals surface area (Å²) in [6.07, 6.45) is 1.55. The zero-order valence-corrected chi connectivity index (χ0v) is 23.6. The van der Waals surface area contributed by atoms with E-state index in [9.17, 15) is 14.7 Å². The van der Waals surface area contributed by atoms with E-state index in [1.54, 1.807) is 24.3 Å². The highest BCUT2D eigenvalue weighted by Crippen LogP contribution is 2.33. The van der Waals surface area contributed by atoms with E-state index in [4.69, 9.17) is 16.3 Å². The first-order chi connectivity index (χ1) is 18.3. The third kappa shape index (κ3) is 7.27. The van der Waals surface area contributed by atoms with Gasteiger partial charge in [0.1, 0.15) is 0 Å². The first-order valence-corrected chi connectivity index (χ1v) is 13.3. The van der Waals surface area contributed by atoms with E-state index in [0.29, 0.717) is 5.56 Å². The van der Waals surface area contributed by atoms with Crippen molar-refractivity contribution in [2.75, 3.05) is 6.61 Å². The molecule has 0 unspecified atom stereocenters. The van der Waals surface area contributed by atoms with Crippen molar-refractivity contribution in [3.05, 3.63) is 113 Å². The molecule has 4 rings (SSSR count). The molecule has 0 aliphatic carbocycles. The maximum atomic E-state index is 12.7. The molecule has 0 spiro atoms. The van der Waals surface area contributed by atoms with Gasteiger partial charge in [0.05, 0.1) is 22.8 Å². The molecule has 0 saturated carbocycles. The predicted molar refractivity (Wildman–Crippen MR) is 156 cm³/mol. The van der Waals surface area contributed by atoms with Gasteiger partial charge in [-0.3, -0.25) is 0 Å². The van der Waals surface area contributed by atoms with Gasteiger partial charge in [-0.25, -0.2) is 14.7 Å². The molecule has 0 bridgehead atoms. The number of benzene rings is 4. The Labute approximate surface area is 235 Å². The van der Waals surface area contributed by atoms with Crippen LogP contribution in [0.5, 0.6) is 0 Å². The lowest BCUT2D eigenvalue weighted by atomic mass is 9.85. The Balaban J connectivity index is 1.38. The molecule has 0 atom stereocenters. The highest BCUT2D eigenvalue weighted by Gasteiger charge is 2.22. The largest absolute Gasteiger partial charge is 0.462 e. The van der Waals surface area contributed by atoms with Gasteiger partial charge < -0.3 is 4.74 Å². The van der Waals surface area contributed by atoms with Crippen LogP contribution in [0.2, 0.25) is 5.02 Å². The molecule has 39 heavy (non-hydrogen) atoms. The average molecular weight is 541 g/mol. The first-order valence-electron chi connectivity index (χ1n) is 13.0. The van der Waals surface area contributed by atoms with E-state index in [2.05, 4.69) is 65.0 Å². The zero-order chi connectivity index (χ0) is 28.4. The lowest BCUT2D eigenvalue weighted by Crippen LogP contribution is -2.24. The van der Waals surface area contributed by atoms with Gasteiger partial charge in [-0.05, 0) is 77.1 Å². The quantitative estimate of drug-likeness (QED) is 0.200. The van der Waals surface area contributed by atoms with Crippen LogP contribution < -0.4 is 0 Å². The predicted octanol–water partition coefficient (Wildman–Crippen LogP) is 8.56. The summed E-state index contributed by atoms with van der Waals surface area (Å²) in [4.78, 5) is 23.7. The third-order valence-electron chi connectivity index (χ3n) is 6.62. The topological polar surface area (TPSA) is 63.3 Å². The van der Waals surface area contributed by atoms with Crippen molar-refractivity contribution in [3.63, 3.8) is 0 Å². The highest BCUT2D eigenvalue weighted by atomic mass is 35.5. The molecular formula is C34H33ClO4. The van der Waals surface area contributed by atoms with E-state index in [0.717, 1.165) is 50.9 Å². The summed E-state index contributed by atoms with van der Waals surface area (Å²) in [6.45, 7) is 12.8. The number of halogens is 1. The van der Waals surface area contributed by atoms with Crippen LogP contribution in [0.4, 0.5) is 0 Å². The van der Waals surface area contributed by atoms with Crippen LogP contribution >= 0.6 is 11.6 Å². The molecule has 5 heteroatoms. The van der Waals surface area contributed by atoms with E-state index >= 15 is 0 Å². The molecule has 0 aliphatic rings. The summed E-state index contributed by atoms with van der Waals surface area (Å²) in [7, 11) is 0. The van der Waals surface area contributed by atoms with Gasteiger partial charge >= 0.3 is 11.9 Å². The summed E-state index contributed by atoms with van der Waals surface area (Å²) in [5, 5.41) is 13.8. The highest BCUT2D eigenvalue weighted by molar-refractivity contribution is 6.36. The Morgan fingerprint density at radius 2 is 1.38 bits per heavy atom. The summed E-state index contributed by atoms with van der Waals surface area (Å²) in [6, 6.07) is 24.0. The Morgan fingerprint density at radius 1 is 0.795 bits per heavy atom. The Morgan fingerprint density at radius 3 is 1.95 bits per heavy atom. The second-order valence-corrected chi connectivity index (χ2v) is 12.2. The fraction of sp³-hybridized carbons (Fsp3) is 0.265. The van der Waals surface area contributed by atoms with Gasteiger partial charge in [0.15, 0.2) is 0 Å². The summed E-state index contributed by atoms with van der Waals surface area (Å²) < 4.78 is 5.68. The number of carbonyl (C=O) groups excluding carboxylic acids is 2. The molecule has 4 aromatic carbocycles.